The molecule has 0 radical (unpaired) electrons. The molecule has 0 atom stereocenters. The first-order valence-electron chi connectivity index (χ1n) is 8.28. The molecule has 0 saturated carbocycles. The monoisotopic (exact) mass is 388 g/mol. The largest absolute Gasteiger partial charge is 0.305 e. The van der Waals surface area contributed by atoms with Crippen LogP contribution >= 0.6 is 23.1 Å². The third kappa shape index (κ3) is 4.47. The van der Waals surface area contributed by atoms with Gasteiger partial charge in [-0.25, -0.2) is 0 Å². The van der Waals surface area contributed by atoms with E-state index in [9.17, 15) is 4.79 Å². The van der Waals surface area contributed by atoms with Crippen molar-refractivity contribution in [2.24, 2.45) is 7.05 Å². The topological polar surface area (TPSA) is 85.6 Å². The molecule has 0 unspecified atom stereocenters. The number of carbonyl (C=O) groups excluding carboxylic acids is 1. The van der Waals surface area contributed by atoms with Gasteiger partial charge < -0.3 is 4.57 Å². The molecule has 136 valence electrons. The van der Waals surface area contributed by atoms with Gasteiger partial charge in [0.25, 0.3) is 0 Å². The van der Waals surface area contributed by atoms with Crippen molar-refractivity contribution in [3.63, 3.8) is 0 Å². The SMILES string of the molecule is CCCc1nnc(NC(=O)CSc2nnc(-c3ccc(C)cc3)n2C)s1. The van der Waals surface area contributed by atoms with Crippen LogP contribution in [0.3, 0.4) is 0 Å². The second-order valence-electron chi connectivity index (χ2n) is 5.82. The Balaban J connectivity index is 1.59. The number of nitrogens with one attached hydrogen (secondary N) is 1. The summed E-state index contributed by atoms with van der Waals surface area (Å²) in [6.07, 6.45) is 1.89. The highest BCUT2D eigenvalue weighted by Gasteiger charge is 2.14. The molecule has 1 N–H and O–H groups in total. The lowest BCUT2D eigenvalue weighted by Crippen LogP contribution is -2.14. The fourth-order valence-electron chi connectivity index (χ4n) is 2.30. The summed E-state index contributed by atoms with van der Waals surface area (Å²) in [7, 11) is 1.90. The summed E-state index contributed by atoms with van der Waals surface area (Å²) in [4.78, 5) is 12.1. The summed E-state index contributed by atoms with van der Waals surface area (Å²) in [5, 5.41) is 21.4. The summed E-state index contributed by atoms with van der Waals surface area (Å²) < 4.78 is 1.90. The molecule has 2 heterocycles. The number of nitrogens with zero attached hydrogens (tertiary/aromatic N) is 5. The molecule has 7 nitrogen and oxygen atoms in total. The maximum atomic E-state index is 12.1. The fraction of sp³-hybridized carbons (Fsp3) is 0.353. The number of anilines is 1. The van der Waals surface area contributed by atoms with Crippen molar-refractivity contribution in [3.05, 3.63) is 34.8 Å². The number of carbonyl (C=O) groups is 1. The van der Waals surface area contributed by atoms with Gasteiger partial charge in [-0.3, -0.25) is 10.1 Å². The molecule has 1 aromatic carbocycles. The van der Waals surface area contributed by atoms with Crippen LogP contribution in [-0.4, -0.2) is 36.6 Å². The van der Waals surface area contributed by atoms with E-state index in [-0.39, 0.29) is 11.7 Å². The van der Waals surface area contributed by atoms with Crippen LogP contribution in [0.2, 0.25) is 0 Å². The number of thioether (sulfide) groups is 1. The number of rotatable bonds is 7. The van der Waals surface area contributed by atoms with Gasteiger partial charge in [0.05, 0.1) is 5.75 Å². The molecule has 0 spiro atoms. The predicted octanol–water partition coefficient (Wildman–Crippen LogP) is 3.33. The average molecular weight is 389 g/mol. The highest BCUT2D eigenvalue weighted by Crippen LogP contribution is 2.23. The first kappa shape index (κ1) is 18.5. The van der Waals surface area contributed by atoms with Crippen molar-refractivity contribution in [2.45, 2.75) is 31.8 Å². The normalized spacial score (nSPS) is 10.9. The minimum atomic E-state index is -0.130. The average Bonchev–Trinajstić information content (AvgIpc) is 3.21. The minimum Gasteiger partial charge on any atom is -0.305 e. The first-order valence-corrected chi connectivity index (χ1v) is 10.1. The van der Waals surface area contributed by atoms with Crippen molar-refractivity contribution in [1.82, 2.24) is 25.0 Å². The third-order valence-corrected chi connectivity index (χ3v) is 5.57. The quantitative estimate of drug-likeness (QED) is 0.625. The van der Waals surface area contributed by atoms with Crippen LogP contribution in [0, 0.1) is 6.92 Å². The van der Waals surface area contributed by atoms with Gasteiger partial charge in [-0.05, 0) is 13.3 Å². The van der Waals surface area contributed by atoms with Crippen LogP contribution in [0.25, 0.3) is 11.4 Å². The Morgan fingerprint density at radius 2 is 1.96 bits per heavy atom. The van der Waals surface area contributed by atoms with E-state index < -0.39 is 0 Å². The molecule has 0 saturated heterocycles. The third-order valence-electron chi connectivity index (χ3n) is 3.65. The number of amides is 1. The van der Waals surface area contributed by atoms with E-state index in [4.69, 9.17) is 0 Å². The smallest absolute Gasteiger partial charge is 0.236 e. The Morgan fingerprint density at radius 1 is 1.19 bits per heavy atom. The molecule has 9 heteroatoms. The minimum absolute atomic E-state index is 0.130. The molecule has 1 amide bonds. The number of hydrogen-bond acceptors (Lipinski definition) is 7. The van der Waals surface area contributed by atoms with Crippen LogP contribution in [0.4, 0.5) is 5.13 Å². The maximum absolute atomic E-state index is 12.1. The van der Waals surface area contributed by atoms with Gasteiger partial charge in [0.1, 0.15) is 5.01 Å². The lowest BCUT2D eigenvalue weighted by Gasteiger charge is -2.04. The molecule has 0 bridgehead atoms. The van der Waals surface area contributed by atoms with E-state index in [0.29, 0.717) is 10.3 Å². The second kappa shape index (κ2) is 8.41. The summed E-state index contributed by atoms with van der Waals surface area (Å²) in [6, 6.07) is 8.12. The Labute approximate surface area is 160 Å². The van der Waals surface area contributed by atoms with Crippen molar-refractivity contribution in [2.75, 3.05) is 11.1 Å². The highest BCUT2D eigenvalue weighted by atomic mass is 32.2. The summed E-state index contributed by atoms with van der Waals surface area (Å²) in [5.74, 6) is 0.887. The van der Waals surface area contributed by atoms with E-state index in [1.165, 1.54) is 28.7 Å². The molecule has 0 aliphatic heterocycles. The Bertz CT molecular complexity index is 887. The number of hydrogen-bond donors (Lipinski definition) is 1. The molecule has 3 rings (SSSR count). The van der Waals surface area contributed by atoms with Gasteiger partial charge in [-0.15, -0.1) is 20.4 Å². The lowest BCUT2D eigenvalue weighted by molar-refractivity contribution is -0.113. The van der Waals surface area contributed by atoms with Crippen molar-refractivity contribution in [1.29, 1.82) is 0 Å². The summed E-state index contributed by atoms with van der Waals surface area (Å²) >= 11 is 2.76. The van der Waals surface area contributed by atoms with Gasteiger partial charge in [0.15, 0.2) is 11.0 Å². The zero-order chi connectivity index (χ0) is 18.5. The van der Waals surface area contributed by atoms with Crippen LogP contribution in [0.5, 0.6) is 0 Å². The molecular weight excluding hydrogens is 368 g/mol. The van der Waals surface area contributed by atoms with E-state index in [0.717, 1.165) is 29.2 Å². The summed E-state index contributed by atoms with van der Waals surface area (Å²) in [6.45, 7) is 4.13. The number of aromatic nitrogens is 5. The molecule has 26 heavy (non-hydrogen) atoms. The molecule has 0 aliphatic rings. The van der Waals surface area contributed by atoms with E-state index in [1.807, 2.05) is 42.8 Å². The standard InChI is InChI=1S/C17H20N6OS2/c1-4-5-14-19-21-16(26-14)18-13(24)10-25-17-22-20-15(23(17)3)12-8-6-11(2)7-9-12/h6-9H,4-5,10H2,1-3H3,(H,18,21,24). The Morgan fingerprint density at radius 3 is 2.69 bits per heavy atom. The van der Waals surface area contributed by atoms with Crippen LogP contribution in [-0.2, 0) is 18.3 Å². The zero-order valence-electron chi connectivity index (χ0n) is 14.9. The van der Waals surface area contributed by atoms with Gasteiger partial charge in [0, 0.05) is 19.0 Å². The number of aryl methyl sites for hydroxylation is 2. The first-order chi connectivity index (χ1) is 12.6. The Kier molecular flexibility index (Phi) is 6.00. The van der Waals surface area contributed by atoms with Gasteiger partial charge in [0.2, 0.25) is 11.0 Å². The molecule has 2 aromatic heterocycles. The number of benzene rings is 1. The molecule has 3 aromatic rings. The van der Waals surface area contributed by atoms with E-state index >= 15 is 0 Å². The van der Waals surface area contributed by atoms with Crippen LogP contribution in [0.1, 0.15) is 23.9 Å². The van der Waals surface area contributed by atoms with Gasteiger partial charge in [-0.2, -0.15) is 0 Å². The van der Waals surface area contributed by atoms with Gasteiger partial charge >= 0.3 is 0 Å². The zero-order valence-corrected chi connectivity index (χ0v) is 16.5. The highest BCUT2D eigenvalue weighted by molar-refractivity contribution is 7.99. The van der Waals surface area contributed by atoms with Crippen molar-refractivity contribution >= 4 is 34.1 Å². The molecular formula is C17H20N6OS2. The summed E-state index contributed by atoms with van der Waals surface area (Å²) in [5.41, 5.74) is 2.19. The fourth-order valence-corrected chi connectivity index (χ4v) is 3.87. The van der Waals surface area contributed by atoms with Gasteiger partial charge in [-0.1, -0.05) is 59.9 Å². The van der Waals surface area contributed by atoms with Crippen molar-refractivity contribution in [3.8, 4) is 11.4 Å². The second-order valence-corrected chi connectivity index (χ2v) is 7.82. The predicted molar refractivity (Wildman–Crippen MR) is 104 cm³/mol. The lowest BCUT2D eigenvalue weighted by atomic mass is 10.1. The van der Waals surface area contributed by atoms with E-state index in [1.54, 1.807) is 0 Å². The maximum Gasteiger partial charge on any atom is 0.236 e. The van der Waals surface area contributed by atoms with Crippen LogP contribution < -0.4 is 5.32 Å². The van der Waals surface area contributed by atoms with Crippen LogP contribution in [0.15, 0.2) is 29.4 Å². The van der Waals surface area contributed by atoms with Crippen molar-refractivity contribution < 1.29 is 4.79 Å². The molecule has 0 fully saturated rings. The molecule has 0 aliphatic carbocycles. The Hall–Kier alpha value is -2.26. The van der Waals surface area contributed by atoms with E-state index in [2.05, 4.69) is 32.6 Å².